The van der Waals surface area contributed by atoms with Gasteiger partial charge in [-0.2, -0.15) is 0 Å². The van der Waals surface area contributed by atoms with Crippen LogP contribution in [0.15, 0.2) is 60.2 Å². The number of carbonyl (C=O) groups excluding carboxylic acids is 2. The molecule has 0 bridgehead atoms. The summed E-state index contributed by atoms with van der Waals surface area (Å²) in [6, 6.07) is 13.6. The van der Waals surface area contributed by atoms with E-state index in [0.29, 0.717) is 21.2 Å². The second-order valence-corrected chi connectivity index (χ2v) is 5.96. The van der Waals surface area contributed by atoms with E-state index in [-0.39, 0.29) is 17.8 Å². The van der Waals surface area contributed by atoms with Crippen molar-refractivity contribution in [3.8, 4) is 0 Å². The molecule has 0 atom stereocenters. The summed E-state index contributed by atoms with van der Waals surface area (Å²) in [7, 11) is 0. The summed E-state index contributed by atoms with van der Waals surface area (Å²) >= 11 is 11.9. The van der Waals surface area contributed by atoms with Crippen molar-refractivity contribution in [1.29, 1.82) is 5.41 Å². The second-order valence-electron chi connectivity index (χ2n) is 5.12. The summed E-state index contributed by atoms with van der Waals surface area (Å²) in [6.45, 7) is 0.0954. The SMILES string of the molecule is N=C(C=C(C(N)=O)C(=O)NCc1ccc(Cl)cc1Cl)c1ccccc1. The van der Waals surface area contributed by atoms with Gasteiger partial charge in [0.05, 0.1) is 5.71 Å². The van der Waals surface area contributed by atoms with E-state index in [4.69, 9.17) is 34.3 Å². The third-order valence-corrected chi connectivity index (χ3v) is 3.93. The third kappa shape index (κ3) is 5.17. The number of nitrogens with one attached hydrogen (secondary N) is 2. The van der Waals surface area contributed by atoms with Gasteiger partial charge < -0.3 is 16.5 Å². The van der Waals surface area contributed by atoms with Crippen LogP contribution in [0.1, 0.15) is 11.1 Å². The summed E-state index contributed by atoms with van der Waals surface area (Å²) < 4.78 is 0. The fourth-order valence-electron chi connectivity index (χ4n) is 2.03. The zero-order valence-corrected chi connectivity index (χ0v) is 14.6. The molecular formula is C18H15Cl2N3O2. The third-order valence-electron chi connectivity index (χ3n) is 3.34. The van der Waals surface area contributed by atoms with Crippen LogP contribution in [0.5, 0.6) is 0 Å². The Morgan fingerprint density at radius 1 is 1.12 bits per heavy atom. The maximum Gasteiger partial charge on any atom is 0.257 e. The first-order chi connectivity index (χ1) is 11.9. The number of benzene rings is 2. The first-order valence-corrected chi connectivity index (χ1v) is 8.01. The fraction of sp³-hybridized carbons (Fsp3) is 0.0556. The van der Waals surface area contributed by atoms with Crippen LogP contribution in [0.4, 0.5) is 0 Å². The molecular weight excluding hydrogens is 361 g/mol. The van der Waals surface area contributed by atoms with Crippen molar-refractivity contribution in [1.82, 2.24) is 5.32 Å². The van der Waals surface area contributed by atoms with Crippen molar-refractivity contribution in [3.05, 3.63) is 81.4 Å². The number of amides is 2. The van der Waals surface area contributed by atoms with E-state index < -0.39 is 11.8 Å². The molecule has 0 aromatic heterocycles. The van der Waals surface area contributed by atoms with E-state index in [1.54, 1.807) is 48.5 Å². The molecule has 5 nitrogen and oxygen atoms in total. The van der Waals surface area contributed by atoms with E-state index in [2.05, 4.69) is 5.32 Å². The van der Waals surface area contributed by atoms with Gasteiger partial charge in [0, 0.05) is 16.6 Å². The van der Waals surface area contributed by atoms with Crippen molar-refractivity contribution in [2.24, 2.45) is 5.73 Å². The Morgan fingerprint density at radius 2 is 1.80 bits per heavy atom. The predicted octanol–water partition coefficient (Wildman–Crippen LogP) is 3.09. The van der Waals surface area contributed by atoms with Crippen LogP contribution in [0.2, 0.25) is 10.0 Å². The Morgan fingerprint density at radius 3 is 2.40 bits per heavy atom. The molecule has 25 heavy (non-hydrogen) atoms. The average Bonchev–Trinajstić information content (AvgIpc) is 2.59. The minimum atomic E-state index is -0.916. The lowest BCUT2D eigenvalue weighted by molar-refractivity contribution is -0.122. The smallest absolute Gasteiger partial charge is 0.257 e. The number of hydrogen-bond acceptors (Lipinski definition) is 3. The Kier molecular flexibility index (Phi) is 6.33. The molecule has 128 valence electrons. The molecule has 0 aliphatic rings. The monoisotopic (exact) mass is 375 g/mol. The summed E-state index contributed by atoms with van der Waals surface area (Å²) in [4.78, 5) is 23.8. The number of allylic oxidation sites excluding steroid dienone is 1. The quantitative estimate of drug-likeness (QED) is 0.313. The Bertz CT molecular complexity index is 849. The standard InChI is InChI=1S/C18H15Cl2N3O2/c19-13-7-6-12(15(20)8-13)10-23-18(25)14(17(22)24)9-16(21)11-4-2-1-3-5-11/h1-9,21H,10H2,(H2,22,24)(H,23,25). The van der Waals surface area contributed by atoms with E-state index in [9.17, 15) is 9.59 Å². The molecule has 2 rings (SSSR count). The second kappa shape index (κ2) is 8.46. The van der Waals surface area contributed by atoms with Crippen molar-refractivity contribution in [2.75, 3.05) is 0 Å². The van der Waals surface area contributed by atoms with Gasteiger partial charge in [0.2, 0.25) is 0 Å². The number of nitrogens with two attached hydrogens (primary N) is 1. The lowest BCUT2D eigenvalue weighted by Crippen LogP contribution is -2.32. The van der Waals surface area contributed by atoms with Gasteiger partial charge in [0.1, 0.15) is 5.57 Å². The molecule has 0 spiro atoms. The minimum Gasteiger partial charge on any atom is -0.365 e. The highest BCUT2D eigenvalue weighted by Gasteiger charge is 2.17. The van der Waals surface area contributed by atoms with Gasteiger partial charge in [0.15, 0.2) is 0 Å². The molecule has 0 radical (unpaired) electrons. The van der Waals surface area contributed by atoms with E-state index in [1.807, 2.05) is 0 Å². The van der Waals surface area contributed by atoms with Crippen LogP contribution in [0.3, 0.4) is 0 Å². The molecule has 0 unspecified atom stereocenters. The van der Waals surface area contributed by atoms with Crippen LogP contribution in [0, 0.1) is 5.41 Å². The van der Waals surface area contributed by atoms with Crippen molar-refractivity contribution >= 4 is 40.7 Å². The molecule has 2 aromatic rings. The van der Waals surface area contributed by atoms with Crippen LogP contribution in [-0.2, 0) is 16.1 Å². The lowest BCUT2D eigenvalue weighted by Gasteiger charge is -2.09. The Hall–Kier alpha value is -2.63. The average molecular weight is 376 g/mol. The zero-order chi connectivity index (χ0) is 18.4. The number of halogens is 2. The van der Waals surface area contributed by atoms with Crippen molar-refractivity contribution in [2.45, 2.75) is 6.54 Å². The van der Waals surface area contributed by atoms with Gasteiger partial charge >= 0.3 is 0 Å². The zero-order valence-electron chi connectivity index (χ0n) is 13.1. The highest BCUT2D eigenvalue weighted by molar-refractivity contribution is 6.35. The number of primary amides is 1. The molecule has 0 aliphatic heterocycles. The first kappa shape index (κ1) is 18.7. The van der Waals surface area contributed by atoms with Crippen LogP contribution >= 0.6 is 23.2 Å². The summed E-state index contributed by atoms with van der Waals surface area (Å²) in [5, 5.41) is 11.4. The molecule has 4 N–H and O–H groups in total. The number of hydrogen-bond donors (Lipinski definition) is 3. The maximum absolute atomic E-state index is 12.3. The van der Waals surface area contributed by atoms with Crippen molar-refractivity contribution in [3.63, 3.8) is 0 Å². The van der Waals surface area contributed by atoms with Crippen LogP contribution in [0.25, 0.3) is 0 Å². The van der Waals surface area contributed by atoms with Crippen molar-refractivity contribution < 1.29 is 9.59 Å². The first-order valence-electron chi connectivity index (χ1n) is 7.26. The normalized spacial score (nSPS) is 11.0. The van der Waals surface area contributed by atoms with Crippen LogP contribution in [-0.4, -0.2) is 17.5 Å². The van der Waals surface area contributed by atoms with E-state index >= 15 is 0 Å². The van der Waals surface area contributed by atoms with Gasteiger partial charge in [-0.25, -0.2) is 0 Å². The predicted molar refractivity (Wildman–Crippen MR) is 98.9 cm³/mol. The van der Waals surface area contributed by atoms with Gasteiger partial charge in [0.25, 0.3) is 11.8 Å². The fourth-order valence-corrected chi connectivity index (χ4v) is 2.51. The highest BCUT2D eigenvalue weighted by atomic mass is 35.5. The highest BCUT2D eigenvalue weighted by Crippen LogP contribution is 2.20. The summed E-state index contributed by atoms with van der Waals surface area (Å²) in [6.07, 6.45) is 1.15. The molecule has 0 saturated heterocycles. The molecule has 2 aromatic carbocycles. The molecule has 2 amide bonds. The molecule has 0 saturated carbocycles. The molecule has 0 aliphatic carbocycles. The Balaban J connectivity index is 2.14. The van der Waals surface area contributed by atoms with E-state index in [0.717, 1.165) is 6.08 Å². The van der Waals surface area contributed by atoms with Crippen LogP contribution < -0.4 is 11.1 Å². The summed E-state index contributed by atoms with van der Waals surface area (Å²) in [5.74, 6) is -1.60. The minimum absolute atomic E-state index is 0.00840. The molecule has 0 heterocycles. The topological polar surface area (TPSA) is 96.0 Å². The maximum atomic E-state index is 12.3. The van der Waals surface area contributed by atoms with Gasteiger partial charge in [-0.05, 0) is 29.3 Å². The van der Waals surface area contributed by atoms with Gasteiger partial charge in [-0.3, -0.25) is 9.59 Å². The molecule has 7 heteroatoms. The molecule has 0 fully saturated rings. The summed E-state index contributed by atoms with van der Waals surface area (Å²) in [5.41, 5.74) is 6.18. The lowest BCUT2D eigenvalue weighted by atomic mass is 10.1. The van der Waals surface area contributed by atoms with Gasteiger partial charge in [-0.15, -0.1) is 0 Å². The largest absolute Gasteiger partial charge is 0.365 e. The van der Waals surface area contributed by atoms with E-state index in [1.165, 1.54) is 0 Å². The van der Waals surface area contributed by atoms with Gasteiger partial charge in [-0.1, -0.05) is 59.6 Å². The number of rotatable bonds is 6. The number of carbonyl (C=O) groups is 2. The Labute approximate surface area is 154 Å².